The molecule has 17 heavy (non-hydrogen) atoms. The molecule has 2 aromatic heterocycles. The van der Waals surface area contributed by atoms with Crippen molar-refractivity contribution in [1.29, 1.82) is 0 Å². The molecule has 2 rings (SSSR count). The van der Waals surface area contributed by atoms with Crippen LogP contribution >= 0.6 is 12.2 Å². The molecule has 3 N–H and O–H groups in total. The number of rotatable bonds is 3. The normalized spacial score (nSPS) is 9.94. The van der Waals surface area contributed by atoms with Crippen LogP contribution in [-0.2, 0) is 0 Å². The van der Waals surface area contributed by atoms with Crippen LogP contribution in [0.25, 0.3) is 0 Å². The first-order valence-electron chi connectivity index (χ1n) is 4.96. The molecule has 0 saturated heterocycles. The molecule has 0 aromatic carbocycles. The van der Waals surface area contributed by atoms with E-state index in [1.54, 1.807) is 18.6 Å². The first kappa shape index (κ1) is 11.4. The van der Waals surface area contributed by atoms with Gasteiger partial charge in [0, 0.05) is 6.20 Å². The van der Waals surface area contributed by atoms with Gasteiger partial charge in [-0.1, -0.05) is 12.2 Å². The van der Waals surface area contributed by atoms with Crippen LogP contribution in [0.4, 0.5) is 11.5 Å². The molecule has 5 nitrogen and oxygen atoms in total. The molecular formula is C11H11N5S. The maximum absolute atomic E-state index is 5.69. The van der Waals surface area contributed by atoms with Crippen molar-refractivity contribution in [1.82, 2.24) is 15.0 Å². The minimum atomic E-state index is 0.315. The molecule has 0 aliphatic heterocycles. The summed E-state index contributed by atoms with van der Waals surface area (Å²) in [5.74, 6) is 0.618. The second kappa shape index (κ2) is 4.84. The predicted molar refractivity (Wildman–Crippen MR) is 70.2 cm³/mol. The van der Waals surface area contributed by atoms with E-state index in [0.29, 0.717) is 10.8 Å². The van der Waals surface area contributed by atoms with Crippen LogP contribution in [0.1, 0.15) is 11.1 Å². The maximum Gasteiger partial charge on any atom is 0.140 e. The zero-order chi connectivity index (χ0) is 12.3. The Morgan fingerprint density at radius 3 is 2.71 bits per heavy atom. The highest BCUT2D eigenvalue weighted by Crippen LogP contribution is 2.20. The first-order valence-corrected chi connectivity index (χ1v) is 5.37. The monoisotopic (exact) mass is 245 g/mol. The fourth-order valence-corrected chi connectivity index (χ4v) is 1.72. The van der Waals surface area contributed by atoms with Crippen molar-refractivity contribution in [2.75, 3.05) is 5.32 Å². The third-order valence-electron chi connectivity index (χ3n) is 2.23. The van der Waals surface area contributed by atoms with E-state index in [1.165, 1.54) is 6.33 Å². The molecule has 0 fully saturated rings. The first-order chi connectivity index (χ1) is 8.18. The number of pyridine rings is 1. The lowest BCUT2D eigenvalue weighted by atomic mass is 10.1. The standard InChI is InChI=1S/C11H11N5S/c1-7-2-3-15-11(9(7)10(12)17)16-8-4-13-6-14-5-8/h2-6H,1H3,(H2,12,17)(H,15,16). The summed E-state index contributed by atoms with van der Waals surface area (Å²) in [6.45, 7) is 1.93. The van der Waals surface area contributed by atoms with Gasteiger partial charge >= 0.3 is 0 Å². The quantitative estimate of drug-likeness (QED) is 0.799. The third-order valence-corrected chi connectivity index (χ3v) is 2.43. The summed E-state index contributed by atoms with van der Waals surface area (Å²) < 4.78 is 0. The summed E-state index contributed by atoms with van der Waals surface area (Å²) in [6, 6.07) is 1.86. The van der Waals surface area contributed by atoms with Gasteiger partial charge in [-0.05, 0) is 18.6 Å². The Morgan fingerprint density at radius 2 is 2.06 bits per heavy atom. The second-order valence-electron chi connectivity index (χ2n) is 3.47. The van der Waals surface area contributed by atoms with Gasteiger partial charge in [0.05, 0.1) is 23.6 Å². The average Bonchev–Trinajstić information content (AvgIpc) is 2.30. The molecule has 0 aliphatic carbocycles. The zero-order valence-electron chi connectivity index (χ0n) is 9.21. The van der Waals surface area contributed by atoms with Crippen LogP contribution in [0, 0.1) is 6.92 Å². The van der Waals surface area contributed by atoms with E-state index < -0.39 is 0 Å². The number of hydrogen-bond acceptors (Lipinski definition) is 5. The van der Waals surface area contributed by atoms with Gasteiger partial charge in [0.2, 0.25) is 0 Å². The van der Waals surface area contributed by atoms with Crippen LogP contribution in [0.15, 0.2) is 31.0 Å². The van der Waals surface area contributed by atoms with Gasteiger partial charge in [0.25, 0.3) is 0 Å². The highest BCUT2D eigenvalue weighted by atomic mass is 32.1. The molecule has 0 saturated carbocycles. The van der Waals surface area contributed by atoms with Gasteiger partial charge in [-0.25, -0.2) is 15.0 Å². The number of nitrogens with one attached hydrogen (secondary N) is 1. The Hall–Kier alpha value is -2.08. The van der Waals surface area contributed by atoms with E-state index in [0.717, 1.165) is 16.8 Å². The number of nitrogens with two attached hydrogens (primary N) is 1. The van der Waals surface area contributed by atoms with E-state index in [4.69, 9.17) is 18.0 Å². The fourth-order valence-electron chi connectivity index (χ4n) is 1.46. The summed E-state index contributed by atoms with van der Waals surface area (Å²) in [4.78, 5) is 12.4. The molecule has 86 valence electrons. The van der Waals surface area contributed by atoms with Crippen molar-refractivity contribution in [3.8, 4) is 0 Å². The van der Waals surface area contributed by atoms with E-state index in [1.807, 2.05) is 13.0 Å². The molecule has 2 heterocycles. The highest BCUT2D eigenvalue weighted by molar-refractivity contribution is 7.80. The molecule has 0 unspecified atom stereocenters. The summed E-state index contributed by atoms with van der Waals surface area (Å²) in [5, 5.41) is 3.09. The van der Waals surface area contributed by atoms with Gasteiger partial charge in [-0.3, -0.25) is 0 Å². The molecule has 0 amide bonds. The number of nitrogens with zero attached hydrogens (tertiary/aromatic N) is 3. The third kappa shape index (κ3) is 2.54. The number of aryl methyl sites for hydroxylation is 1. The predicted octanol–water partition coefficient (Wildman–Crippen LogP) is 1.56. The van der Waals surface area contributed by atoms with Crippen molar-refractivity contribution in [2.24, 2.45) is 5.73 Å². The second-order valence-corrected chi connectivity index (χ2v) is 3.91. The lowest BCUT2D eigenvalue weighted by molar-refractivity contribution is 1.16. The van der Waals surface area contributed by atoms with E-state index in [2.05, 4.69) is 20.3 Å². The van der Waals surface area contributed by atoms with Gasteiger partial charge in [0.1, 0.15) is 17.1 Å². The van der Waals surface area contributed by atoms with Crippen molar-refractivity contribution in [2.45, 2.75) is 6.92 Å². The molecule has 0 bridgehead atoms. The number of thiocarbonyl (C=S) groups is 1. The van der Waals surface area contributed by atoms with Gasteiger partial charge in [-0.2, -0.15) is 0 Å². The van der Waals surface area contributed by atoms with E-state index in [9.17, 15) is 0 Å². The van der Waals surface area contributed by atoms with Crippen LogP contribution in [0.2, 0.25) is 0 Å². The molecule has 2 aromatic rings. The fraction of sp³-hybridized carbons (Fsp3) is 0.0909. The molecule has 0 aliphatic rings. The summed E-state index contributed by atoms with van der Waals surface area (Å²) in [6.07, 6.45) is 6.47. The molecule has 6 heteroatoms. The van der Waals surface area contributed by atoms with E-state index >= 15 is 0 Å². The van der Waals surface area contributed by atoms with E-state index in [-0.39, 0.29) is 0 Å². The Balaban J connectivity index is 2.40. The van der Waals surface area contributed by atoms with Crippen molar-refractivity contribution in [3.05, 3.63) is 42.1 Å². The van der Waals surface area contributed by atoms with Crippen LogP contribution < -0.4 is 11.1 Å². The molecule has 0 spiro atoms. The average molecular weight is 245 g/mol. The minimum absolute atomic E-state index is 0.315. The van der Waals surface area contributed by atoms with Crippen molar-refractivity contribution >= 4 is 28.7 Å². The smallest absolute Gasteiger partial charge is 0.140 e. The topological polar surface area (TPSA) is 76.7 Å². The summed E-state index contributed by atoms with van der Waals surface area (Å²) in [7, 11) is 0. The van der Waals surface area contributed by atoms with Crippen molar-refractivity contribution < 1.29 is 0 Å². The number of hydrogen-bond donors (Lipinski definition) is 2. The Kier molecular flexibility index (Phi) is 3.24. The lowest BCUT2D eigenvalue weighted by Gasteiger charge is -2.11. The number of aromatic nitrogens is 3. The largest absolute Gasteiger partial charge is 0.389 e. The summed E-state index contributed by atoms with van der Waals surface area (Å²) >= 11 is 5.02. The Morgan fingerprint density at radius 1 is 1.35 bits per heavy atom. The highest BCUT2D eigenvalue weighted by Gasteiger charge is 2.09. The lowest BCUT2D eigenvalue weighted by Crippen LogP contribution is -2.14. The number of anilines is 2. The Labute approximate surface area is 104 Å². The van der Waals surface area contributed by atoms with Gasteiger partial charge < -0.3 is 11.1 Å². The van der Waals surface area contributed by atoms with Crippen LogP contribution in [0.5, 0.6) is 0 Å². The van der Waals surface area contributed by atoms with Crippen LogP contribution in [-0.4, -0.2) is 19.9 Å². The molecular weight excluding hydrogens is 234 g/mol. The van der Waals surface area contributed by atoms with Crippen molar-refractivity contribution in [3.63, 3.8) is 0 Å². The molecule has 0 atom stereocenters. The van der Waals surface area contributed by atoms with Gasteiger partial charge in [0.15, 0.2) is 0 Å². The molecule has 0 radical (unpaired) electrons. The SMILES string of the molecule is Cc1ccnc(Nc2cncnc2)c1C(N)=S. The van der Waals surface area contributed by atoms with Crippen LogP contribution in [0.3, 0.4) is 0 Å². The van der Waals surface area contributed by atoms with Gasteiger partial charge in [-0.15, -0.1) is 0 Å². The summed E-state index contributed by atoms with van der Waals surface area (Å²) in [5.41, 5.74) is 8.15. The maximum atomic E-state index is 5.69. The zero-order valence-corrected chi connectivity index (χ0v) is 10.0. The minimum Gasteiger partial charge on any atom is -0.389 e. The Bertz CT molecular complexity index is 541.